The predicted octanol–water partition coefficient (Wildman–Crippen LogP) is 4.29. The molecule has 6 heteroatoms. The molecule has 1 saturated heterocycles. The van der Waals surface area contributed by atoms with E-state index in [9.17, 15) is 9.59 Å². The molecule has 1 aliphatic heterocycles. The number of Topliss-reactive ketones (excluding diaryl/α,β-unsaturated/α-hetero) is 1. The van der Waals surface area contributed by atoms with Crippen LogP contribution in [0.5, 0.6) is 0 Å². The average Bonchev–Trinajstić information content (AvgIpc) is 2.83. The van der Waals surface area contributed by atoms with Gasteiger partial charge in [-0.25, -0.2) is 4.98 Å². The zero-order valence-electron chi connectivity index (χ0n) is 19.7. The number of piperazine rings is 1. The van der Waals surface area contributed by atoms with Gasteiger partial charge in [0.05, 0.1) is 11.3 Å². The zero-order valence-corrected chi connectivity index (χ0v) is 19.7. The number of rotatable bonds is 5. The largest absolute Gasteiger partial charge is 0.368 e. The van der Waals surface area contributed by atoms with E-state index in [1.807, 2.05) is 72.4 Å². The molecule has 0 atom stereocenters. The molecule has 6 nitrogen and oxygen atoms in total. The first-order chi connectivity index (χ1) is 15.8. The summed E-state index contributed by atoms with van der Waals surface area (Å²) >= 11 is 0. The van der Waals surface area contributed by atoms with E-state index < -0.39 is 0 Å². The molecule has 170 valence electrons. The topological polar surface area (TPSA) is 56.8 Å². The number of aryl methyl sites for hydroxylation is 1. The van der Waals surface area contributed by atoms with Crippen molar-refractivity contribution < 1.29 is 9.59 Å². The van der Waals surface area contributed by atoms with Crippen molar-refractivity contribution in [2.45, 2.75) is 13.8 Å². The van der Waals surface area contributed by atoms with Crippen molar-refractivity contribution in [2.75, 3.05) is 50.1 Å². The second-order valence-electron chi connectivity index (χ2n) is 8.66. The van der Waals surface area contributed by atoms with Crippen LogP contribution in [-0.4, -0.2) is 61.8 Å². The Hall–Kier alpha value is -3.67. The fourth-order valence-corrected chi connectivity index (χ4v) is 4.21. The van der Waals surface area contributed by atoms with Crippen LogP contribution >= 0.6 is 0 Å². The van der Waals surface area contributed by atoms with Gasteiger partial charge in [-0.05, 0) is 55.8 Å². The summed E-state index contributed by atoms with van der Waals surface area (Å²) in [6.07, 6.45) is 0. The van der Waals surface area contributed by atoms with Crippen LogP contribution < -0.4 is 9.80 Å². The van der Waals surface area contributed by atoms with Crippen LogP contribution in [0.2, 0.25) is 0 Å². The minimum atomic E-state index is 0.00844. The molecular weight excluding hydrogens is 412 g/mol. The Balaban J connectivity index is 1.50. The highest BCUT2D eigenvalue weighted by Gasteiger charge is 2.25. The molecule has 1 amide bonds. The van der Waals surface area contributed by atoms with E-state index in [0.29, 0.717) is 30.0 Å². The molecule has 1 aliphatic rings. The van der Waals surface area contributed by atoms with Gasteiger partial charge in [0, 0.05) is 57.1 Å². The molecule has 0 N–H and O–H groups in total. The van der Waals surface area contributed by atoms with Crippen molar-refractivity contribution in [1.29, 1.82) is 0 Å². The molecule has 1 aromatic heterocycles. The van der Waals surface area contributed by atoms with Gasteiger partial charge in [-0.1, -0.05) is 24.3 Å². The van der Waals surface area contributed by atoms with E-state index in [1.54, 1.807) is 6.92 Å². The number of pyridine rings is 1. The van der Waals surface area contributed by atoms with Crippen LogP contribution in [0.25, 0.3) is 11.3 Å². The van der Waals surface area contributed by atoms with E-state index in [1.165, 1.54) is 0 Å². The summed E-state index contributed by atoms with van der Waals surface area (Å²) in [4.78, 5) is 35.8. The molecular formula is C27H30N4O2. The van der Waals surface area contributed by atoms with Gasteiger partial charge >= 0.3 is 0 Å². The maximum Gasteiger partial charge on any atom is 0.257 e. The third-order valence-electron chi connectivity index (χ3n) is 6.16. The molecule has 0 bridgehead atoms. The summed E-state index contributed by atoms with van der Waals surface area (Å²) in [5.74, 6) is 0.757. The minimum absolute atomic E-state index is 0.00844. The lowest BCUT2D eigenvalue weighted by molar-refractivity contribution is 0.0747. The Morgan fingerprint density at radius 2 is 1.55 bits per heavy atom. The maximum atomic E-state index is 13.4. The van der Waals surface area contributed by atoms with Gasteiger partial charge in [-0.15, -0.1) is 0 Å². The number of aromatic nitrogens is 1. The molecule has 0 aliphatic carbocycles. The Morgan fingerprint density at radius 1 is 0.879 bits per heavy atom. The fourth-order valence-electron chi connectivity index (χ4n) is 4.21. The van der Waals surface area contributed by atoms with Gasteiger partial charge in [-0.3, -0.25) is 9.59 Å². The highest BCUT2D eigenvalue weighted by molar-refractivity contribution is 5.99. The van der Waals surface area contributed by atoms with Gasteiger partial charge in [0.25, 0.3) is 5.91 Å². The lowest BCUT2D eigenvalue weighted by Crippen LogP contribution is -2.49. The third-order valence-corrected chi connectivity index (χ3v) is 6.16. The monoisotopic (exact) mass is 442 g/mol. The Morgan fingerprint density at radius 3 is 2.15 bits per heavy atom. The summed E-state index contributed by atoms with van der Waals surface area (Å²) in [6, 6.07) is 19.7. The molecule has 33 heavy (non-hydrogen) atoms. The predicted molar refractivity (Wildman–Crippen MR) is 133 cm³/mol. The van der Waals surface area contributed by atoms with Crippen molar-refractivity contribution in [3.63, 3.8) is 0 Å². The zero-order chi connectivity index (χ0) is 23.5. The highest BCUT2D eigenvalue weighted by Crippen LogP contribution is 2.27. The van der Waals surface area contributed by atoms with Crippen LogP contribution in [0.4, 0.5) is 11.5 Å². The van der Waals surface area contributed by atoms with Crippen molar-refractivity contribution in [2.24, 2.45) is 0 Å². The number of anilines is 2. The molecule has 0 spiro atoms. The SMILES string of the molecule is CC(=O)c1ccc(N2CCN(C(=O)c3ccc(-c4ccccc4C)nc3N(C)C)CC2)cc1. The molecule has 0 saturated carbocycles. The number of hydrogen-bond donors (Lipinski definition) is 0. The molecule has 2 heterocycles. The van der Waals surface area contributed by atoms with E-state index >= 15 is 0 Å². The third kappa shape index (κ3) is 4.75. The highest BCUT2D eigenvalue weighted by atomic mass is 16.2. The van der Waals surface area contributed by atoms with E-state index in [-0.39, 0.29) is 11.7 Å². The summed E-state index contributed by atoms with van der Waals surface area (Å²) in [5.41, 5.74) is 5.50. The minimum Gasteiger partial charge on any atom is -0.368 e. The number of carbonyl (C=O) groups excluding carboxylic acids is 2. The van der Waals surface area contributed by atoms with E-state index in [0.717, 1.165) is 35.6 Å². The second kappa shape index (κ2) is 9.45. The Labute approximate surface area is 195 Å². The molecule has 0 radical (unpaired) electrons. The summed E-state index contributed by atoms with van der Waals surface area (Å²) in [6.45, 7) is 6.41. The van der Waals surface area contributed by atoms with Crippen LogP contribution in [0, 0.1) is 6.92 Å². The van der Waals surface area contributed by atoms with Crippen molar-refractivity contribution >= 4 is 23.2 Å². The molecule has 2 aromatic carbocycles. The summed E-state index contributed by atoms with van der Waals surface area (Å²) in [7, 11) is 3.84. The summed E-state index contributed by atoms with van der Waals surface area (Å²) < 4.78 is 0. The summed E-state index contributed by atoms with van der Waals surface area (Å²) in [5, 5.41) is 0. The Kier molecular flexibility index (Phi) is 6.45. The van der Waals surface area contributed by atoms with Crippen LogP contribution in [0.1, 0.15) is 33.2 Å². The van der Waals surface area contributed by atoms with Crippen molar-refractivity contribution in [3.05, 3.63) is 77.4 Å². The number of carbonyl (C=O) groups is 2. The standard InChI is InChI=1S/C27H30N4O2/c1-19-7-5-6-8-23(19)25-14-13-24(26(28-25)29(3)4)27(33)31-17-15-30(16-18-31)22-11-9-21(10-12-22)20(2)32/h5-14H,15-18H2,1-4H3. The number of ketones is 1. The fraction of sp³-hybridized carbons (Fsp3) is 0.296. The van der Waals surface area contributed by atoms with Crippen LogP contribution in [-0.2, 0) is 0 Å². The first kappa shape index (κ1) is 22.5. The number of hydrogen-bond acceptors (Lipinski definition) is 5. The number of nitrogens with zero attached hydrogens (tertiary/aromatic N) is 4. The lowest BCUT2D eigenvalue weighted by Gasteiger charge is -2.36. The van der Waals surface area contributed by atoms with Crippen molar-refractivity contribution in [1.82, 2.24) is 9.88 Å². The maximum absolute atomic E-state index is 13.4. The van der Waals surface area contributed by atoms with Crippen molar-refractivity contribution in [3.8, 4) is 11.3 Å². The van der Waals surface area contributed by atoms with Gasteiger partial charge in [0.15, 0.2) is 5.78 Å². The Bertz CT molecular complexity index is 1160. The first-order valence-electron chi connectivity index (χ1n) is 11.2. The first-order valence-corrected chi connectivity index (χ1v) is 11.2. The van der Waals surface area contributed by atoms with Gasteiger partial charge in [0.1, 0.15) is 5.82 Å². The molecule has 0 unspecified atom stereocenters. The van der Waals surface area contributed by atoms with Gasteiger partial charge in [0.2, 0.25) is 0 Å². The number of benzene rings is 2. The van der Waals surface area contributed by atoms with E-state index in [4.69, 9.17) is 4.98 Å². The number of amides is 1. The van der Waals surface area contributed by atoms with Gasteiger partial charge in [-0.2, -0.15) is 0 Å². The normalized spacial score (nSPS) is 13.7. The quantitative estimate of drug-likeness (QED) is 0.552. The second-order valence-corrected chi connectivity index (χ2v) is 8.66. The van der Waals surface area contributed by atoms with Crippen LogP contribution in [0.15, 0.2) is 60.7 Å². The van der Waals surface area contributed by atoms with E-state index in [2.05, 4.69) is 24.0 Å². The average molecular weight is 443 g/mol. The smallest absolute Gasteiger partial charge is 0.257 e. The molecule has 1 fully saturated rings. The molecule has 4 rings (SSSR count). The van der Waals surface area contributed by atoms with Crippen LogP contribution in [0.3, 0.4) is 0 Å². The lowest BCUT2D eigenvalue weighted by atomic mass is 10.0. The van der Waals surface area contributed by atoms with Gasteiger partial charge < -0.3 is 14.7 Å². The molecule has 3 aromatic rings.